The van der Waals surface area contributed by atoms with Crippen molar-refractivity contribution in [1.29, 1.82) is 0 Å². The monoisotopic (exact) mass is 191 g/mol. The molecule has 0 spiro atoms. The van der Waals surface area contributed by atoms with Crippen LogP contribution in [0.25, 0.3) is 6.20 Å². The molecule has 1 heterocycles. The van der Waals surface area contributed by atoms with Gasteiger partial charge in [-0.05, 0) is 13.6 Å². The molecule has 0 saturated carbocycles. The fraction of sp³-hybridized carbons (Fsp3) is 0.455. The molecule has 3 nitrogen and oxygen atoms in total. The molecule has 1 rings (SSSR count). The predicted molar refractivity (Wildman–Crippen MR) is 60.5 cm³/mol. The van der Waals surface area contributed by atoms with Crippen LogP contribution in [0, 0.1) is 6.92 Å². The van der Waals surface area contributed by atoms with Crippen molar-refractivity contribution >= 4 is 12.9 Å². The smallest absolute Gasteiger partial charge is 0.109 e. The Kier molecular flexibility index (Phi) is 2.89. The van der Waals surface area contributed by atoms with Crippen LogP contribution in [0.3, 0.4) is 0 Å². The van der Waals surface area contributed by atoms with Gasteiger partial charge in [-0.1, -0.05) is 20.8 Å². The first-order valence-electron chi connectivity index (χ1n) is 4.63. The number of aromatic nitrogens is 2. The largest absolute Gasteiger partial charge is 0.309 e. The van der Waals surface area contributed by atoms with E-state index >= 15 is 0 Å². The molecule has 1 aromatic rings. The number of aryl methyl sites for hydroxylation is 1. The lowest BCUT2D eigenvalue weighted by atomic mass is 9.93. The van der Waals surface area contributed by atoms with Crippen LogP contribution in [0.1, 0.15) is 32.3 Å². The zero-order valence-corrected chi connectivity index (χ0v) is 9.28. The Morgan fingerprint density at radius 3 is 2.57 bits per heavy atom. The van der Waals surface area contributed by atoms with Crippen molar-refractivity contribution in [2.24, 2.45) is 4.99 Å². The molecule has 0 bridgehead atoms. The van der Waals surface area contributed by atoms with E-state index in [1.165, 1.54) is 0 Å². The van der Waals surface area contributed by atoms with Crippen LogP contribution >= 0.6 is 0 Å². The van der Waals surface area contributed by atoms with Crippen molar-refractivity contribution in [3.63, 3.8) is 0 Å². The molecule has 0 N–H and O–H groups in total. The summed E-state index contributed by atoms with van der Waals surface area (Å²) in [5.74, 6) is 0.967. The number of hydrogen-bond donors (Lipinski definition) is 0. The van der Waals surface area contributed by atoms with Crippen LogP contribution in [0.4, 0.5) is 0 Å². The minimum absolute atomic E-state index is 0.0887. The van der Waals surface area contributed by atoms with E-state index in [2.05, 4.69) is 37.5 Å². The molecule has 0 aromatic carbocycles. The van der Waals surface area contributed by atoms with Crippen molar-refractivity contribution in [3.8, 4) is 0 Å². The third-order valence-corrected chi connectivity index (χ3v) is 2.02. The highest BCUT2D eigenvalue weighted by Crippen LogP contribution is 2.21. The lowest BCUT2D eigenvalue weighted by molar-refractivity contribution is 0.571. The van der Waals surface area contributed by atoms with Crippen molar-refractivity contribution in [2.45, 2.75) is 33.1 Å². The Labute approximate surface area is 85.2 Å². The molecule has 76 valence electrons. The Hall–Kier alpha value is -1.38. The first-order chi connectivity index (χ1) is 6.45. The van der Waals surface area contributed by atoms with E-state index in [1.54, 1.807) is 6.20 Å². The van der Waals surface area contributed by atoms with E-state index in [0.717, 1.165) is 11.5 Å². The van der Waals surface area contributed by atoms with Crippen LogP contribution in [0.5, 0.6) is 0 Å². The predicted octanol–water partition coefficient (Wildman–Crippen LogP) is 2.62. The Morgan fingerprint density at radius 2 is 2.14 bits per heavy atom. The van der Waals surface area contributed by atoms with Gasteiger partial charge in [0, 0.05) is 24.0 Å². The Morgan fingerprint density at radius 1 is 1.50 bits per heavy atom. The molecular weight excluding hydrogens is 174 g/mol. The van der Waals surface area contributed by atoms with Crippen molar-refractivity contribution in [3.05, 3.63) is 23.9 Å². The second-order valence-electron chi connectivity index (χ2n) is 4.31. The van der Waals surface area contributed by atoms with E-state index in [4.69, 9.17) is 0 Å². The van der Waals surface area contributed by atoms with Gasteiger partial charge in [-0.3, -0.25) is 4.99 Å². The van der Waals surface area contributed by atoms with Crippen molar-refractivity contribution < 1.29 is 0 Å². The van der Waals surface area contributed by atoms with E-state index in [9.17, 15) is 0 Å². The first kappa shape index (κ1) is 10.7. The number of hydrogen-bond acceptors (Lipinski definition) is 2. The molecule has 0 radical (unpaired) electrons. The van der Waals surface area contributed by atoms with Crippen LogP contribution in [-0.4, -0.2) is 16.3 Å². The average Bonchev–Trinajstić information content (AvgIpc) is 2.43. The fourth-order valence-electron chi connectivity index (χ4n) is 1.12. The summed E-state index contributed by atoms with van der Waals surface area (Å²) >= 11 is 0. The third kappa shape index (κ3) is 2.31. The minimum atomic E-state index is 0.0887. The Bertz CT molecular complexity index is 353. The van der Waals surface area contributed by atoms with Gasteiger partial charge in [0.2, 0.25) is 0 Å². The highest BCUT2D eigenvalue weighted by molar-refractivity contribution is 5.33. The van der Waals surface area contributed by atoms with Crippen LogP contribution in [0.2, 0.25) is 0 Å². The van der Waals surface area contributed by atoms with Gasteiger partial charge in [0.15, 0.2) is 0 Å². The van der Waals surface area contributed by atoms with Crippen molar-refractivity contribution in [2.75, 3.05) is 0 Å². The SMILES string of the molecule is C=N/C=C\n1cc(C(C)(C)C)nc1C. The van der Waals surface area contributed by atoms with E-state index in [0.29, 0.717) is 0 Å². The minimum Gasteiger partial charge on any atom is -0.309 e. The maximum atomic E-state index is 4.48. The van der Waals surface area contributed by atoms with E-state index in [-0.39, 0.29) is 5.41 Å². The van der Waals surface area contributed by atoms with Crippen molar-refractivity contribution in [1.82, 2.24) is 9.55 Å². The zero-order valence-electron chi connectivity index (χ0n) is 9.28. The lowest BCUT2D eigenvalue weighted by Crippen LogP contribution is -2.11. The number of aliphatic imine (C=N–C) groups is 1. The molecular formula is C11H17N3. The van der Waals surface area contributed by atoms with Gasteiger partial charge in [-0.25, -0.2) is 4.98 Å². The molecule has 0 amide bonds. The van der Waals surface area contributed by atoms with E-state index < -0.39 is 0 Å². The summed E-state index contributed by atoms with van der Waals surface area (Å²) < 4.78 is 1.95. The molecule has 0 fully saturated rings. The quantitative estimate of drug-likeness (QED) is 0.661. The average molecular weight is 191 g/mol. The molecule has 14 heavy (non-hydrogen) atoms. The maximum absolute atomic E-state index is 4.48. The lowest BCUT2D eigenvalue weighted by Gasteiger charge is -2.13. The highest BCUT2D eigenvalue weighted by Gasteiger charge is 2.17. The molecule has 1 aromatic heterocycles. The fourth-order valence-corrected chi connectivity index (χ4v) is 1.12. The van der Waals surface area contributed by atoms with Gasteiger partial charge >= 0.3 is 0 Å². The molecule has 0 aliphatic heterocycles. The first-order valence-corrected chi connectivity index (χ1v) is 4.63. The number of nitrogens with zero attached hydrogens (tertiary/aromatic N) is 3. The molecule has 0 saturated heterocycles. The van der Waals surface area contributed by atoms with Crippen LogP contribution in [0.15, 0.2) is 17.4 Å². The van der Waals surface area contributed by atoms with Gasteiger partial charge in [0.1, 0.15) is 5.82 Å². The standard InChI is InChI=1S/C11H17N3/c1-9-13-10(11(2,3)4)8-14(9)7-6-12-5/h6-8H,5H2,1-4H3/b7-6-. The van der Waals surface area contributed by atoms with Gasteiger partial charge in [-0.2, -0.15) is 0 Å². The summed E-state index contributed by atoms with van der Waals surface area (Å²) in [5, 5.41) is 0. The number of imidazole rings is 1. The summed E-state index contributed by atoms with van der Waals surface area (Å²) in [7, 11) is 0. The van der Waals surface area contributed by atoms with Gasteiger partial charge in [0.25, 0.3) is 0 Å². The topological polar surface area (TPSA) is 30.2 Å². The summed E-state index contributed by atoms with van der Waals surface area (Å²) in [5.41, 5.74) is 1.18. The normalized spacial score (nSPS) is 12.3. The number of rotatable bonds is 2. The Balaban J connectivity index is 3.05. The summed E-state index contributed by atoms with van der Waals surface area (Å²) in [6.45, 7) is 11.8. The molecule has 0 aliphatic carbocycles. The zero-order chi connectivity index (χ0) is 10.8. The summed E-state index contributed by atoms with van der Waals surface area (Å²) in [4.78, 5) is 8.15. The maximum Gasteiger partial charge on any atom is 0.109 e. The second-order valence-corrected chi connectivity index (χ2v) is 4.31. The third-order valence-electron chi connectivity index (χ3n) is 2.02. The van der Waals surface area contributed by atoms with Gasteiger partial charge < -0.3 is 4.57 Å². The van der Waals surface area contributed by atoms with Crippen LogP contribution < -0.4 is 0 Å². The highest BCUT2D eigenvalue weighted by atomic mass is 15.1. The summed E-state index contributed by atoms with van der Waals surface area (Å²) in [6, 6.07) is 0. The molecule has 0 unspecified atom stereocenters. The molecule has 3 heteroatoms. The molecule has 0 aliphatic rings. The van der Waals surface area contributed by atoms with Gasteiger partial charge in [0.05, 0.1) is 5.69 Å². The van der Waals surface area contributed by atoms with Gasteiger partial charge in [-0.15, -0.1) is 0 Å². The van der Waals surface area contributed by atoms with E-state index in [1.807, 2.05) is 23.9 Å². The second kappa shape index (κ2) is 3.78. The summed E-state index contributed by atoms with van der Waals surface area (Å²) in [6.07, 6.45) is 5.53. The van der Waals surface area contributed by atoms with Crippen LogP contribution in [-0.2, 0) is 5.41 Å². The molecule has 0 atom stereocenters.